The summed E-state index contributed by atoms with van der Waals surface area (Å²) in [5, 5.41) is 8.69. The molecular formula is C25H24N6O3. The molecule has 1 aromatic heterocycles. The standard InChI is InChI=1S/C25H24N6O3/c1-26-15-16-4-7-19(8-5-16)30-11-12-31(25(30)34)24(33)28-18-6-9-20-21(13-17-3-2-10-27-17)23(32)29-22(20)14-18/h2-10,13-14,26-27H,11-12,15H2,1H3,(H,28,33)(H,29,32)/b21-13-. The Balaban J connectivity index is 1.27. The predicted octanol–water partition coefficient (Wildman–Crippen LogP) is 3.70. The normalized spacial score (nSPS) is 16.2. The Labute approximate surface area is 196 Å². The first kappa shape index (κ1) is 21.5. The van der Waals surface area contributed by atoms with Crippen molar-refractivity contribution in [3.05, 3.63) is 77.6 Å². The number of benzene rings is 2. The lowest BCUT2D eigenvalue weighted by Crippen LogP contribution is -2.39. The van der Waals surface area contributed by atoms with E-state index >= 15 is 0 Å². The molecule has 1 saturated heterocycles. The van der Waals surface area contributed by atoms with Crippen LogP contribution in [0.25, 0.3) is 11.6 Å². The molecule has 2 aliphatic rings. The van der Waals surface area contributed by atoms with Crippen molar-refractivity contribution >= 4 is 46.7 Å². The average Bonchev–Trinajstić information content (AvgIpc) is 3.55. The zero-order valence-electron chi connectivity index (χ0n) is 18.6. The third-order valence-electron chi connectivity index (χ3n) is 5.86. The third-order valence-corrected chi connectivity index (χ3v) is 5.86. The van der Waals surface area contributed by atoms with Gasteiger partial charge in [0.05, 0.1) is 17.8 Å². The number of nitrogens with zero attached hydrogens (tertiary/aromatic N) is 2. The molecular weight excluding hydrogens is 432 g/mol. The summed E-state index contributed by atoms with van der Waals surface area (Å²) in [6, 6.07) is 15.7. The third kappa shape index (κ3) is 4.04. The second-order valence-corrected chi connectivity index (χ2v) is 8.11. The van der Waals surface area contributed by atoms with Gasteiger partial charge in [0.15, 0.2) is 0 Å². The fourth-order valence-electron chi connectivity index (χ4n) is 4.16. The van der Waals surface area contributed by atoms with Gasteiger partial charge in [0, 0.05) is 41.9 Å². The minimum atomic E-state index is -0.509. The van der Waals surface area contributed by atoms with Gasteiger partial charge in [0.1, 0.15) is 0 Å². The minimum Gasteiger partial charge on any atom is -0.362 e. The summed E-state index contributed by atoms with van der Waals surface area (Å²) in [5.74, 6) is -0.209. The number of anilines is 3. The molecule has 0 aliphatic carbocycles. The first-order valence-electron chi connectivity index (χ1n) is 11.0. The van der Waals surface area contributed by atoms with Crippen LogP contribution in [-0.2, 0) is 11.3 Å². The summed E-state index contributed by atoms with van der Waals surface area (Å²) in [7, 11) is 1.88. The van der Waals surface area contributed by atoms with E-state index < -0.39 is 6.03 Å². The molecule has 5 rings (SSSR count). The number of hydrogen-bond donors (Lipinski definition) is 4. The quantitative estimate of drug-likeness (QED) is 0.439. The molecule has 34 heavy (non-hydrogen) atoms. The van der Waals surface area contributed by atoms with Gasteiger partial charge >= 0.3 is 12.1 Å². The van der Waals surface area contributed by atoms with Crippen LogP contribution < -0.4 is 20.9 Å². The van der Waals surface area contributed by atoms with E-state index in [1.54, 1.807) is 35.4 Å². The largest absolute Gasteiger partial charge is 0.362 e. The molecule has 2 aromatic carbocycles. The number of aromatic nitrogens is 1. The Morgan fingerprint density at radius 3 is 2.65 bits per heavy atom. The van der Waals surface area contributed by atoms with Crippen molar-refractivity contribution in [3.8, 4) is 0 Å². The molecule has 1 fully saturated rings. The highest BCUT2D eigenvalue weighted by molar-refractivity contribution is 6.35. The summed E-state index contributed by atoms with van der Waals surface area (Å²) in [6.07, 6.45) is 3.57. The Morgan fingerprint density at radius 2 is 1.91 bits per heavy atom. The molecule has 0 bridgehead atoms. The number of aromatic amines is 1. The molecule has 3 aromatic rings. The van der Waals surface area contributed by atoms with Crippen molar-refractivity contribution in [2.24, 2.45) is 0 Å². The number of nitrogens with one attached hydrogen (secondary N) is 4. The lowest BCUT2D eigenvalue weighted by molar-refractivity contribution is -0.110. The molecule has 9 nitrogen and oxygen atoms in total. The maximum Gasteiger partial charge on any atom is 0.332 e. The second kappa shape index (κ2) is 8.87. The smallest absolute Gasteiger partial charge is 0.332 e. The van der Waals surface area contributed by atoms with Crippen molar-refractivity contribution in [1.82, 2.24) is 15.2 Å². The van der Waals surface area contributed by atoms with Gasteiger partial charge in [0.2, 0.25) is 0 Å². The van der Waals surface area contributed by atoms with E-state index in [1.807, 2.05) is 43.4 Å². The van der Waals surface area contributed by atoms with E-state index in [2.05, 4.69) is 20.9 Å². The van der Waals surface area contributed by atoms with Crippen LogP contribution in [0.3, 0.4) is 0 Å². The van der Waals surface area contributed by atoms with E-state index in [9.17, 15) is 14.4 Å². The van der Waals surface area contributed by atoms with Crippen LogP contribution in [0.15, 0.2) is 60.8 Å². The zero-order chi connectivity index (χ0) is 23.7. The van der Waals surface area contributed by atoms with Gasteiger partial charge in [0.25, 0.3) is 5.91 Å². The maximum absolute atomic E-state index is 12.9. The summed E-state index contributed by atoms with van der Waals surface area (Å²) < 4.78 is 0. The summed E-state index contributed by atoms with van der Waals surface area (Å²) in [6.45, 7) is 1.45. The van der Waals surface area contributed by atoms with Crippen LogP contribution in [0.1, 0.15) is 16.8 Å². The van der Waals surface area contributed by atoms with Crippen LogP contribution in [0, 0.1) is 0 Å². The molecule has 0 radical (unpaired) electrons. The van der Waals surface area contributed by atoms with Gasteiger partial charge in [-0.2, -0.15) is 0 Å². The maximum atomic E-state index is 12.9. The number of imide groups is 1. The molecule has 172 valence electrons. The second-order valence-electron chi connectivity index (χ2n) is 8.11. The van der Waals surface area contributed by atoms with Gasteiger partial charge in [-0.05, 0) is 55.1 Å². The predicted molar refractivity (Wildman–Crippen MR) is 131 cm³/mol. The minimum absolute atomic E-state index is 0.209. The fraction of sp³-hybridized carbons (Fsp3) is 0.160. The molecule has 3 heterocycles. The van der Waals surface area contributed by atoms with Gasteiger partial charge in [-0.3, -0.25) is 9.69 Å². The van der Waals surface area contributed by atoms with Gasteiger partial charge < -0.3 is 20.9 Å². The van der Waals surface area contributed by atoms with Crippen LogP contribution in [0.5, 0.6) is 0 Å². The Morgan fingerprint density at radius 1 is 1.09 bits per heavy atom. The molecule has 0 saturated carbocycles. The lowest BCUT2D eigenvalue weighted by atomic mass is 10.1. The molecule has 4 N–H and O–H groups in total. The van der Waals surface area contributed by atoms with E-state index in [4.69, 9.17) is 0 Å². The number of amides is 5. The molecule has 9 heteroatoms. The Hall–Kier alpha value is -4.37. The number of H-pyrrole nitrogens is 1. The highest BCUT2D eigenvalue weighted by atomic mass is 16.2. The SMILES string of the molecule is CNCc1ccc(N2CCN(C(=O)Nc3ccc4c(c3)NC(=O)/C4=C\c3ccc[nH]3)C2=O)cc1. The van der Waals surface area contributed by atoms with E-state index in [0.717, 1.165) is 29.1 Å². The van der Waals surface area contributed by atoms with E-state index in [0.29, 0.717) is 23.5 Å². The first-order valence-corrected chi connectivity index (χ1v) is 11.0. The van der Waals surface area contributed by atoms with E-state index in [-0.39, 0.29) is 18.5 Å². The average molecular weight is 457 g/mol. The molecule has 0 atom stereocenters. The van der Waals surface area contributed by atoms with Crippen LogP contribution in [0.4, 0.5) is 26.7 Å². The van der Waals surface area contributed by atoms with Crippen molar-refractivity contribution < 1.29 is 14.4 Å². The van der Waals surface area contributed by atoms with Crippen molar-refractivity contribution in [1.29, 1.82) is 0 Å². The summed E-state index contributed by atoms with van der Waals surface area (Å²) in [5.41, 5.74) is 5.08. The van der Waals surface area contributed by atoms with Crippen LogP contribution >= 0.6 is 0 Å². The summed E-state index contributed by atoms with van der Waals surface area (Å²) >= 11 is 0. The van der Waals surface area contributed by atoms with Gasteiger partial charge in [-0.25, -0.2) is 14.5 Å². The number of rotatable bonds is 5. The Bertz CT molecular complexity index is 1280. The number of carbonyl (C=O) groups is 3. The highest BCUT2D eigenvalue weighted by Gasteiger charge is 2.34. The Kier molecular flexibility index (Phi) is 5.60. The van der Waals surface area contributed by atoms with Crippen molar-refractivity contribution in [3.63, 3.8) is 0 Å². The van der Waals surface area contributed by atoms with Crippen molar-refractivity contribution in [2.45, 2.75) is 6.54 Å². The molecule has 5 amide bonds. The van der Waals surface area contributed by atoms with E-state index in [1.165, 1.54) is 4.90 Å². The highest BCUT2D eigenvalue weighted by Crippen LogP contribution is 2.35. The van der Waals surface area contributed by atoms with Crippen LogP contribution in [-0.4, -0.2) is 48.0 Å². The molecule has 0 spiro atoms. The number of hydrogen-bond acceptors (Lipinski definition) is 4. The number of carbonyl (C=O) groups excluding carboxylic acids is 3. The number of fused-ring (bicyclic) bond motifs is 1. The first-order chi connectivity index (χ1) is 16.5. The van der Waals surface area contributed by atoms with Crippen LogP contribution in [0.2, 0.25) is 0 Å². The fourth-order valence-corrected chi connectivity index (χ4v) is 4.16. The lowest BCUT2D eigenvalue weighted by Gasteiger charge is -2.18. The number of urea groups is 2. The monoisotopic (exact) mass is 456 g/mol. The topological polar surface area (TPSA) is 110 Å². The van der Waals surface area contributed by atoms with Gasteiger partial charge in [-0.15, -0.1) is 0 Å². The summed E-state index contributed by atoms with van der Waals surface area (Å²) in [4.78, 5) is 44.0. The molecule has 0 unspecified atom stereocenters. The van der Waals surface area contributed by atoms with Gasteiger partial charge in [-0.1, -0.05) is 18.2 Å². The molecule has 2 aliphatic heterocycles. The zero-order valence-corrected chi connectivity index (χ0v) is 18.6. The van der Waals surface area contributed by atoms with Crippen molar-refractivity contribution in [2.75, 3.05) is 35.7 Å².